The van der Waals surface area contributed by atoms with Crippen molar-refractivity contribution in [3.63, 3.8) is 0 Å². The molecule has 8 aromatic rings. The van der Waals surface area contributed by atoms with E-state index in [1.807, 2.05) is 0 Å². The average Bonchev–Trinajstić information content (AvgIpc) is 3.75. The molecule has 6 aromatic carbocycles. The van der Waals surface area contributed by atoms with Crippen LogP contribution in [0.2, 0.25) is 0 Å². The van der Waals surface area contributed by atoms with E-state index in [0.29, 0.717) is 0 Å². The number of pyridine rings is 1. The van der Waals surface area contributed by atoms with E-state index in [1.165, 1.54) is 77.3 Å². The summed E-state index contributed by atoms with van der Waals surface area (Å²) in [5, 5.41) is 5.03. The second-order valence-corrected chi connectivity index (χ2v) is 13.8. The van der Waals surface area contributed by atoms with Crippen molar-refractivity contribution in [3.05, 3.63) is 175 Å². The third kappa shape index (κ3) is 3.59. The molecule has 1 aliphatic heterocycles. The first-order valence-electron chi connectivity index (χ1n) is 17.1. The zero-order chi connectivity index (χ0) is 32.3. The van der Waals surface area contributed by atoms with Gasteiger partial charge in [0.25, 0.3) is 0 Å². The number of anilines is 2. The molecular formula is C46H31N3. The minimum absolute atomic E-state index is 0.157. The Hall–Kier alpha value is -6.19. The number of nitrogens with zero attached hydrogens (tertiary/aromatic N) is 3. The Labute approximate surface area is 284 Å². The van der Waals surface area contributed by atoms with Crippen LogP contribution >= 0.6 is 0 Å². The van der Waals surface area contributed by atoms with Gasteiger partial charge < -0.3 is 9.47 Å². The summed E-state index contributed by atoms with van der Waals surface area (Å²) in [7, 11) is 0. The maximum absolute atomic E-state index is 5.47. The number of rotatable bonds is 3. The van der Waals surface area contributed by atoms with Crippen LogP contribution in [0.5, 0.6) is 0 Å². The van der Waals surface area contributed by atoms with Gasteiger partial charge >= 0.3 is 0 Å². The second kappa shape index (κ2) is 9.68. The van der Waals surface area contributed by atoms with Crippen LogP contribution in [0, 0.1) is 0 Å². The molecule has 0 bridgehead atoms. The van der Waals surface area contributed by atoms with Crippen molar-refractivity contribution in [2.75, 3.05) is 4.90 Å². The van der Waals surface area contributed by atoms with Gasteiger partial charge in [-0.2, -0.15) is 0 Å². The van der Waals surface area contributed by atoms with Crippen LogP contribution in [0.25, 0.3) is 66.2 Å². The highest BCUT2D eigenvalue weighted by atomic mass is 15.3. The Bertz CT molecular complexity index is 2750. The molecule has 3 nitrogen and oxygen atoms in total. The van der Waals surface area contributed by atoms with E-state index in [1.54, 1.807) is 0 Å². The van der Waals surface area contributed by atoms with Crippen LogP contribution in [0.1, 0.15) is 24.0 Å². The standard InChI is InChI=1S/C46H31N3/c1-46-25-24-30(29-22-23-35-34-16-7-9-20-40(34)48(42(35)27-29)32-13-3-2-4-14-32)26-39(46)38-18-8-10-21-41(38)49(46)43-28-31-12-11-19-36-33-15-5-6-17-37(33)45(47-43)44(31)36/h2-28,39H,1H3. The molecule has 3 heterocycles. The molecule has 2 atom stereocenters. The highest BCUT2D eigenvalue weighted by molar-refractivity contribution is 6.15. The molecule has 0 amide bonds. The fourth-order valence-corrected chi connectivity index (χ4v) is 8.92. The van der Waals surface area contributed by atoms with Gasteiger partial charge in [0.15, 0.2) is 0 Å². The largest absolute Gasteiger partial charge is 0.316 e. The molecule has 2 aliphatic carbocycles. The van der Waals surface area contributed by atoms with Crippen LogP contribution in [-0.4, -0.2) is 15.1 Å². The Morgan fingerprint density at radius 3 is 2.31 bits per heavy atom. The summed E-state index contributed by atoms with van der Waals surface area (Å²) in [6, 6.07) is 52.9. The third-order valence-corrected chi connectivity index (χ3v) is 11.1. The van der Waals surface area contributed by atoms with Gasteiger partial charge in [-0.05, 0) is 76.5 Å². The van der Waals surface area contributed by atoms with Crippen LogP contribution in [0.4, 0.5) is 11.5 Å². The van der Waals surface area contributed by atoms with Crippen molar-refractivity contribution < 1.29 is 0 Å². The predicted molar refractivity (Wildman–Crippen MR) is 204 cm³/mol. The minimum Gasteiger partial charge on any atom is -0.316 e. The highest BCUT2D eigenvalue weighted by Gasteiger charge is 2.48. The maximum atomic E-state index is 5.47. The SMILES string of the molecule is CC12C=CC(c3ccc4c5ccccc5n(-c5ccccc5)c4c3)=CC1c1ccccc1N2c1cc2cccc3c2c(n1)-c1ccccc1-3. The van der Waals surface area contributed by atoms with Crippen molar-refractivity contribution in [2.45, 2.75) is 18.4 Å². The summed E-state index contributed by atoms with van der Waals surface area (Å²) in [6.07, 6.45) is 7.24. The smallest absolute Gasteiger partial charge is 0.135 e. The number of para-hydroxylation sites is 3. The lowest BCUT2D eigenvalue weighted by atomic mass is 9.77. The first-order valence-corrected chi connectivity index (χ1v) is 17.1. The van der Waals surface area contributed by atoms with Gasteiger partial charge in [-0.3, -0.25) is 0 Å². The topological polar surface area (TPSA) is 21.1 Å². The van der Waals surface area contributed by atoms with Crippen molar-refractivity contribution >= 4 is 49.7 Å². The van der Waals surface area contributed by atoms with Gasteiger partial charge in [0.05, 0.1) is 22.3 Å². The number of allylic oxidation sites excluding steroid dienone is 2. The fraction of sp³-hybridized carbons (Fsp3) is 0.0652. The van der Waals surface area contributed by atoms with E-state index in [0.717, 1.165) is 11.5 Å². The van der Waals surface area contributed by atoms with Crippen LogP contribution in [-0.2, 0) is 0 Å². The number of benzene rings is 6. The minimum atomic E-state index is -0.320. The molecule has 11 rings (SSSR count). The van der Waals surface area contributed by atoms with Gasteiger partial charge in [0, 0.05) is 39.0 Å². The van der Waals surface area contributed by atoms with Gasteiger partial charge in [0.1, 0.15) is 5.82 Å². The molecule has 3 heteroatoms. The summed E-state index contributed by atoms with van der Waals surface area (Å²) < 4.78 is 2.40. The van der Waals surface area contributed by atoms with Crippen molar-refractivity contribution in [1.82, 2.24) is 9.55 Å². The summed E-state index contributed by atoms with van der Waals surface area (Å²) in [6.45, 7) is 2.37. The Morgan fingerprint density at radius 1 is 0.633 bits per heavy atom. The molecule has 2 aromatic heterocycles. The monoisotopic (exact) mass is 625 g/mol. The Kier molecular flexibility index (Phi) is 5.30. The summed E-state index contributed by atoms with van der Waals surface area (Å²) in [4.78, 5) is 7.95. The lowest BCUT2D eigenvalue weighted by Crippen LogP contribution is -2.42. The van der Waals surface area contributed by atoms with Crippen LogP contribution < -0.4 is 4.90 Å². The van der Waals surface area contributed by atoms with Crippen LogP contribution in [0.3, 0.4) is 0 Å². The van der Waals surface area contributed by atoms with E-state index in [9.17, 15) is 0 Å². The summed E-state index contributed by atoms with van der Waals surface area (Å²) in [5.41, 5.74) is 13.2. The second-order valence-electron chi connectivity index (χ2n) is 13.8. The molecule has 0 saturated carbocycles. The fourth-order valence-electron chi connectivity index (χ4n) is 8.92. The summed E-state index contributed by atoms with van der Waals surface area (Å²) in [5.74, 6) is 1.15. The van der Waals surface area contributed by atoms with Gasteiger partial charge in [0.2, 0.25) is 0 Å². The Balaban J connectivity index is 1.07. The number of aromatic nitrogens is 2. The van der Waals surface area contributed by atoms with Gasteiger partial charge in [-0.1, -0.05) is 127 Å². The Morgan fingerprint density at radius 2 is 1.39 bits per heavy atom. The quantitative estimate of drug-likeness (QED) is 0.195. The number of hydrogen-bond acceptors (Lipinski definition) is 2. The van der Waals surface area contributed by atoms with E-state index < -0.39 is 0 Å². The van der Waals surface area contributed by atoms with E-state index >= 15 is 0 Å². The first kappa shape index (κ1) is 26.8. The third-order valence-electron chi connectivity index (χ3n) is 11.1. The highest BCUT2D eigenvalue weighted by Crippen LogP contribution is 2.56. The molecule has 0 radical (unpaired) electrons. The van der Waals surface area contributed by atoms with Crippen molar-refractivity contribution in [2.24, 2.45) is 0 Å². The predicted octanol–water partition coefficient (Wildman–Crippen LogP) is 11.6. The van der Waals surface area contributed by atoms with Crippen LogP contribution in [0.15, 0.2) is 164 Å². The van der Waals surface area contributed by atoms with Gasteiger partial charge in [-0.15, -0.1) is 0 Å². The zero-order valence-corrected chi connectivity index (χ0v) is 27.0. The molecule has 49 heavy (non-hydrogen) atoms. The molecule has 230 valence electrons. The van der Waals surface area contributed by atoms with E-state index in [2.05, 4.69) is 180 Å². The molecule has 3 aliphatic rings. The van der Waals surface area contributed by atoms with Gasteiger partial charge in [-0.25, -0.2) is 4.98 Å². The van der Waals surface area contributed by atoms with Crippen molar-refractivity contribution in [1.29, 1.82) is 0 Å². The normalized spacial score (nSPS) is 18.6. The summed E-state index contributed by atoms with van der Waals surface area (Å²) >= 11 is 0. The van der Waals surface area contributed by atoms with E-state index in [-0.39, 0.29) is 11.5 Å². The lowest BCUT2D eigenvalue weighted by Gasteiger charge is -2.39. The molecule has 0 N–H and O–H groups in total. The maximum Gasteiger partial charge on any atom is 0.135 e. The lowest BCUT2D eigenvalue weighted by molar-refractivity contribution is 0.540. The molecule has 0 fully saturated rings. The number of fused-ring (bicyclic) bond motifs is 9. The molecule has 0 saturated heterocycles. The average molecular weight is 626 g/mol. The molecule has 2 unspecified atom stereocenters. The van der Waals surface area contributed by atoms with E-state index in [4.69, 9.17) is 4.98 Å². The zero-order valence-electron chi connectivity index (χ0n) is 27.0. The molecule has 0 spiro atoms. The first-order chi connectivity index (χ1) is 24.2. The number of hydrogen-bond donors (Lipinski definition) is 0. The van der Waals surface area contributed by atoms with Crippen molar-refractivity contribution in [3.8, 4) is 28.1 Å². The molecular weight excluding hydrogens is 595 g/mol.